The molecule has 0 saturated carbocycles. The standard InChI is InChI=1S/C15H16N2O2S/c1-10-4-6-11(7-5-10)20-15-9-13(18-2)12(17-16)8-14(15)19-3/h4-7,9H,8H2,1-3H3. The summed E-state index contributed by atoms with van der Waals surface area (Å²) in [4.78, 5) is 5.33. The molecule has 0 heterocycles. The van der Waals surface area contributed by atoms with Crippen molar-refractivity contribution in [2.75, 3.05) is 14.2 Å². The Hall–Kier alpha value is -1.97. The minimum absolute atomic E-state index is 0.418. The van der Waals surface area contributed by atoms with Gasteiger partial charge in [-0.3, -0.25) is 0 Å². The van der Waals surface area contributed by atoms with Gasteiger partial charge < -0.3 is 15.0 Å². The second-order valence-electron chi connectivity index (χ2n) is 4.34. The van der Waals surface area contributed by atoms with Crippen LogP contribution in [-0.2, 0) is 9.47 Å². The molecule has 2 rings (SSSR count). The van der Waals surface area contributed by atoms with Gasteiger partial charge in [0.15, 0.2) is 0 Å². The number of rotatable bonds is 4. The van der Waals surface area contributed by atoms with Crippen LogP contribution in [0.1, 0.15) is 12.0 Å². The van der Waals surface area contributed by atoms with Crippen molar-refractivity contribution in [1.82, 2.24) is 0 Å². The average Bonchev–Trinajstić information content (AvgIpc) is 2.49. The second kappa shape index (κ2) is 6.46. The van der Waals surface area contributed by atoms with Crippen molar-refractivity contribution in [1.29, 1.82) is 0 Å². The molecule has 4 nitrogen and oxygen atoms in total. The highest BCUT2D eigenvalue weighted by molar-refractivity contribution is 8.03. The monoisotopic (exact) mass is 288 g/mol. The van der Waals surface area contributed by atoms with Crippen LogP contribution in [-0.4, -0.2) is 24.7 Å². The topological polar surface area (TPSA) is 54.9 Å². The number of hydrogen-bond acceptors (Lipinski definition) is 3. The van der Waals surface area contributed by atoms with Gasteiger partial charge in [-0.2, -0.15) is 4.79 Å². The molecule has 1 aromatic rings. The lowest BCUT2D eigenvalue weighted by Gasteiger charge is -2.15. The normalized spacial score (nSPS) is 14.8. The Morgan fingerprint density at radius 3 is 2.40 bits per heavy atom. The zero-order valence-electron chi connectivity index (χ0n) is 11.7. The number of ether oxygens (including phenoxy) is 2. The van der Waals surface area contributed by atoms with E-state index in [-0.39, 0.29) is 0 Å². The predicted octanol–water partition coefficient (Wildman–Crippen LogP) is 3.55. The molecule has 0 spiro atoms. The first-order chi connectivity index (χ1) is 9.67. The van der Waals surface area contributed by atoms with Crippen LogP contribution in [0.4, 0.5) is 0 Å². The number of aryl methyl sites for hydroxylation is 1. The fraction of sp³-hybridized carbons (Fsp3) is 0.267. The molecular weight excluding hydrogens is 272 g/mol. The fourth-order valence-corrected chi connectivity index (χ4v) is 2.82. The van der Waals surface area contributed by atoms with Crippen molar-refractivity contribution >= 4 is 17.5 Å². The number of hydrogen-bond donors (Lipinski definition) is 0. The SMILES string of the molecule is COC1=CC(Sc2ccc(C)cc2)=C(OC)CC1=[N+]=[N-]. The molecule has 0 N–H and O–H groups in total. The number of nitrogens with zero attached hydrogens (tertiary/aromatic N) is 2. The van der Waals surface area contributed by atoms with E-state index < -0.39 is 0 Å². The van der Waals surface area contributed by atoms with Gasteiger partial charge in [0, 0.05) is 11.0 Å². The first-order valence-electron chi connectivity index (χ1n) is 6.16. The van der Waals surface area contributed by atoms with Gasteiger partial charge in [-0.1, -0.05) is 29.5 Å². The van der Waals surface area contributed by atoms with Crippen LogP contribution in [0.15, 0.2) is 51.7 Å². The van der Waals surface area contributed by atoms with Gasteiger partial charge >= 0.3 is 5.71 Å². The van der Waals surface area contributed by atoms with Crippen molar-refractivity contribution in [3.63, 3.8) is 0 Å². The zero-order valence-corrected chi connectivity index (χ0v) is 12.5. The summed E-state index contributed by atoms with van der Waals surface area (Å²) < 4.78 is 10.6. The summed E-state index contributed by atoms with van der Waals surface area (Å²) in [6.45, 7) is 2.06. The van der Waals surface area contributed by atoms with Crippen molar-refractivity contribution in [3.05, 3.63) is 57.9 Å². The van der Waals surface area contributed by atoms with Crippen molar-refractivity contribution < 1.29 is 14.3 Å². The van der Waals surface area contributed by atoms with Crippen molar-refractivity contribution in [3.8, 4) is 0 Å². The van der Waals surface area contributed by atoms with Crippen molar-refractivity contribution in [2.45, 2.75) is 18.2 Å². The maximum absolute atomic E-state index is 8.99. The molecule has 20 heavy (non-hydrogen) atoms. The van der Waals surface area contributed by atoms with Crippen LogP contribution in [0.2, 0.25) is 0 Å². The molecule has 104 valence electrons. The van der Waals surface area contributed by atoms with Crippen LogP contribution >= 0.6 is 11.8 Å². The molecule has 0 atom stereocenters. The lowest BCUT2D eigenvalue weighted by molar-refractivity contribution is -0.0122. The summed E-state index contributed by atoms with van der Waals surface area (Å²) in [6.07, 6.45) is 2.25. The molecule has 0 bridgehead atoms. The van der Waals surface area contributed by atoms with Gasteiger partial charge in [-0.15, -0.1) is 0 Å². The molecule has 0 amide bonds. The Kier molecular flexibility index (Phi) is 4.66. The van der Waals surface area contributed by atoms with Gasteiger partial charge in [-0.25, -0.2) is 0 Å². The van der Waals surface area contributed by atoms with Crippen LogP contribution in [0.25, 0.3) is 5.53 Å². The maximum Gasteiger partial charge on any atom is 0.340 e. The number of methoxy groups -OCH3 is 2. The minimum Gasteiger partial charge on any atom is -0.499 e. The van der Waals surface area contributed by atoms with E-state index in [4.69, 9.17) is 15.0 Å². The molecule has 0 unspecified atom stereocenters. The summed E-state index contributed by atoms with van der Waals surface area (Å²) in [5.74, 6) is 1.33. The first-order valence-corrected chi connectivity index (χ1v) is 6.98. The highest BCUT2D eigenvalue weighted by atomic mass is 32.2. The second-order valence-corrected chi connectivity index (χ2v) is 5.46. The van der Waals surface area contributed by atoms with Gasteiger partial charge in [0.2, 0.25) is 5.76 Å². The average molecular weight is 288 g/mol. The van der Waals surface area contributed by atoms with Gasteiger partial charge in [0.05, 0.1) is 19.1 Å². The first kappa shape index (κ1) is 14.4. The van der Waals surface area contributed by atoms with Gasteiger partial charge in [-0.05, 0) is 19.1 Å². The number of thioether (sulfide) groups is 1. The van der Waals surface area contributed by atoms with E-state index in [2.05, 4.69) is 36.0 Å². The third kappa shape index (κ3) is 3.13. The smallest absolute Gasteiger partial charge is 0.340 e. The third-order valence-electron chi connectivity index (χ3n) is 2.99. The maximum atomic E-state index is 8.99. The van der Waals surface area contributed by atoms with E-state index in [0.29, 0.717) is 17.9 Å². The largest absolute Gasteiger partial charge is 0.499 e. The summed E-state index contributed by atoms with van der Waals surface area (Å²) in [7, 11) is 3.18. The molecule has 1 aromatic carbocycles. The number of benzene rings is 1. The van der Waals surface area contributed by atoms with Gasteiger partial charge in [0.25, 0.3) is 0 Å². The summed E-state index contributed by atoms with van der Waals surface area (Å²) >= 11 is 1.60. The van der Waals surface area contributed by atoms with Crippen molar-refractivity contribution in [2.24, 2.45) is 0 Å². The summed E-state index contributed by atoms with van der Waals surface area (Å²) in [5, 5.41) is 0. The Bertz CT molecular complexity index is 611. The summed E-state index contributed by atoms with van der Waals surface area (Å²) in [5.41, 5.74) is 10.7. The van der Waals surface area contributed by atoms with E-state index in [1.807, 2.05) is 6.08 Å². The molecule has 0 radical (unpaired) electrons. The highest BCUT2D eigenvalue weighted by Gasteiger charge is 2.27. The van der Waals surface area contributed by atoms with Crippen LogP contribution in [0.3, 0.4) is 0 Å². The molecule has 1 aliphatic carbocycles. The molecule has 0 saturated heterocycles. The molecule has 1 aliphatic rings. The van der Waals surface area contributed by atoms with E-state index in [9.17, 15) is 0 Å². The third-order valence-corrected chi connectivity index (χ3v) is 4.06. The predicted molar refractivity (Wildman–Crippen MR) is 79.4 cm³/mol. The van der Waals surface area contributed by atoms with Crippen LogP contribution in [0, 0.1) is 6.92 Å². The molecular formula is C15H16N2O2S. The van der Waals surface area contributed by atoms with E-state index in [1.54, 1.807) is 26.0 Å². The lowest BCUT2D eigenvalue weighted by Crippen LogP contribution is -2.13. The highest BCUT2D eigenvalue weighted by Crippen LogP contribution is 2.35. The van der Waals surface area contributed by atoms with E-state index >= 15 is 0 Å². The Labute approximate surface area is 122 Å². The number of allylic oxidation sites excluding steroid dienone is 3. The molecule has 0 aromatic heterocycles. The Balaban J connectivity index is 2.32. The molecule has 5 heteroatoms. The minimum atomic E-state index is 0.418. The van der Waals surface area contributed by atoms with Crippen LogP contribution < -0.4 is 0 Å². The Morgan fingerprint density at radius 1 is 1.15 bits per heavy atom. The zero-order chi connectivity index (χ0) is 14.5. The van der Waals surface area contributed by atoms with E-state index in [0.717, 1.165) is 15.6 Å². The van der Waals surface area contributed by atoms with Gasteiger partial charge in [0.1, 0.15) is 12.2 Å². The quantitative estimate of drug-likeness (QED) is 0.629. The molecule has 0 fully saturated rings. The lowest BCUT2D eigenvalue weighted by atomic mass is 10.1. The summed E-state index contributed by atoms with van der Waals surface area (Å²) in [6, 6.07) is 8.27. The molecule has 0 aliphatic heterocycles. The fourth-order valence-electron chi connectivity index (χ4n) is 1.86. The Morgan fingerprint density at radius 2 is 1.85 bits per heavy atom. The van der Waals surface area contributed by atoms with Crippen LogP contribution in [0.5, 0.6) is 0 Å². The van der Waals surface area contributed by atoms with E-state index in [1.165, 1.54) is 5.56 Å².